The van der Waals surface area contributed by atoms with Gasteiger partial charge in [0, 0.05) is 20.7 Å². The molecule has 0 fully saturated rings. The van der Waals surface area contributed by atoms with Crippen molar-refractivity contribution >= 4 is 44.8 Å². The Labute approximate surface area is 123 Å². The van der Waals surface area contributed by atoms with Crippen molar-refractivity contribution in [2.75, 3.05) is 5.75 Å². The quantitative estimate of drug-likeness (QED) is 0.748. The van der Waals surface area contributed by atoms with E-state index in [0.717, 1.165) is 27.1 Å². The Balaban J connectivity index is 1.92. The molecular formula is C14H11BrOS2. The number of aryl methyl sites for hydroxylation is 1. The molecule has 2 aromatic rings. The van der Waals surface area contributed by atoms with E-state index in [1.54, 1.807) is 11.3 Å². The molecule has 0 aliphatic carbocycles. The molecule has 0 atom stereocenters. The molecule has 1 aromatic heterocycles. The van der Waals surface area contributed by atoms with Crippen LogP contribution in [0.3, 0.4) is 0 Å². The number of hydrogen-bond donors (Lipinski definition) is 0. The Morgan fingerprint density at radius 3 is 2.72 bits per heavy atom. The number of thiophene rings is 1. The lowest BCUT2D eigenvalue weighted by molar-refractivity contribution is 0.104. The summed E-state index contributed by atoms with van der Waals surface area (Å²) in [6, 6.07) is 9.66. The minimum absolute atomic E-state index is 0.145. The second-order valence-corrected chi connectivity index (χ2v) is 7.36. The van der Waals surface area contributed by atoms with Gasteiger partial charge in [-0.05, 0) is 48.1 Å². The Bertz CT molecular complexity index is 563. The van der Waals surface area contributed by atoms with Crippen molar-refractivity contribution in [2.45, 2.75) is 12.2 Å². The van der Waals surface area contributed by atoms with Gasteiger partial charge in [-0.1, -0.05) is 15.9 Å². The maximum Gasteiger partial charge on any atom is 0.202 e. The van der Waals surface area contributed by atoms with E-state index >= 15 is 0 Å². The average Bonchev–Trinajstić information content (AvgIpc) is 2.82. The van der Waals surface area contributed by atoms with Crippen molar-refractivity contribution in [2.24, 2.45) is 0 Å². The molecule has 2 heterocycles. The maximum absolute atomic E-state index is 12.4. The first-order valence-electron chi connectivity index (χ1n) is 5.73. The molecule has 1 aliphatic rings. The summed E-state index contributed by atoms with van der Waals surface area (Å²) in [5.74, 6) is 2.38. The normalized spacial score (nSPS) is 14.3. The fourth-order valence-electron chi connectivity index (χ4n) is 2.00. The molecule has 0 spiro atoms. The number of fused-ring (bicyclic) bond motifs is 1. The third kappa shape index (κ3) is 2.42. The molecule has 1 aromatic carbocycles. The highest BCUT2D eigenvalue weighted by Gasteiger charge is 2.18. The third-order valence-electron chi connectivity index (χ3n) is 2.96. The van der Waals surface area contributed by atoms with Gasteiger partial charge in [-0.25, -0.2) is 0 Å². The fraction of sp³-hybridized carbons (Fsp3) is 0.214. The van der Waals surface area contributed by atoms with Gasteiger partial charge >= 0.3 is 0 Å². The van der Waals surface area contributed by atoms with E-state index in [1.165, 1.54) is 16.2 Å². The molecule has 3 rings (SSSR count). The average molecular weight is 339 g/mol. The van der Waals surface area contributed by atoms with Crippen molar-refractivity contribution < 1.29 is 4.79 Å². The molecule has 92 valence electrons. The number of halogens is 1. The monoisotopic (exact) mass is 338 g/mol. The van der Waals surface area contributed by atoms with Crippen molar-refractivity contribution in [1.82, 2.24) is 0 Å². The first-order chi connectivity index (χ1) is 8.74. The zero-order valence-electron chi connectivity index (χ0n) is 9.61. The summed E-state index contributed by atoms with van der Waals surface area (Å²) >= 11 is 7.00. The van der Waals surface area contributed by atoms with Gasteiger partial charge in [-0.15, -0.1) is 11.3 Å². The van der Waals surface area contributed by atoms with Crippen LogP contribution in [0.1, 0.15) is 25.7 Å². The molecule has 0 saturated heterocycles. The molecule has 1 aliphatic heterocycles. The second-order valence-electron chi connectivity index (χ2n) is 4.20. The van der Waals surface area contributed by atoms with Crippen LogP contribution >= 0.6 is 39.0 Å². The van der Waals surface area contributed by atoms with E-state index in [4.69, 9.17) is 0 Å². The standard InChI is InChI=1S/C14H11BrOS2/c15-11-3-1-9(2-4-11)14(16)13-7-10-8-17-6-5-12(10)18-13/h1-4,7H,5-6,8H2. The van der Waals surface area contributed by atoms with Gasteiger partial charge in [0.1, 0.15) is 0 Å². The molecule has 4 heteroatoms. The van der Waals surface area contributed by atoms with Crippen LogP contribution in [-0.4, -0.2) is 11.5 Å². The molecule has 0 amide bonds. The second kappa shape index (κ2) is 5.19. The van der Waals surface area contributed by atoms with Gasteiger partial charge in [-0.3, -0.25) is 4.79 Å². The third-order valence-corrected chi connectivity index (χ3v) is 5.73. The van der Waals surface area contributed by atoms with Crippen LogP contribution in [0.5, 0.6) is 0 Å². The van der Waals surface area contributed by atoms with Crippen molar-refractivity contribution in [3.8, 4) is 0 Å². The van der Waals surface area contributed by atoms with Gasteiger partial charge < -0.3 is 0 Å². The smallest absolute Gasteiger partial charge is 0.202 e. The predicted octanol–water partition coefficient (Wildman–Crippen LogP) is 4.53. The Morgan fingerprint density at radius 2 is 2.00 bits per heavy atom. The number of hydrogen-bond acceptors (Lipinski definition) is 3. The van der Waals surface area contributed by atoms with Crippen molar-refractivity contribution in [3.63, 3.8) is 0 Å². The first-order valence-corrected chi connectivity index (χ1v) is 8.50. The summed E-state index contributed by atoms with van der Waals surface area (Å²) < 4.78 is 1.00. The van der Waals surface area contributed by atoms with Gasteiger partial charge in [0.25, 0.3) is 0 Å². The molecule has 1 nitrogen and oxygen atoms in total. The van der Waals surface area contributed by atoms with Crippen LogP contribution < -0.4 is 0 Å². The minimum Gasteiger partial charge on any atom is -0.288 e. The molecule has 18 heavy (non-hydrogen) atoms. The van der Waals surface area contributed by atoms with Gasteiger partial charge in [-0.2, -0.15) is 11.8 Å². The van der Waals surface area contributed by atoms with Crippen LogP contribution in [0, 0.1) is 0 Å². The van der Waals surface area contributed by atoms with E-state index in [9.17, 15) is 4.79 Å². The summed E-state index contributed by atoms with van der Waals surface area (Å²) in [6.07, 6.45) is 1.11. The predicted molar refractivity (Wildman–Crippen MR) is 81.8 cm³/mol. The van der Waals surface area contributed by atoms with Crippen LogP contribution in [-0.2, 0) is 12.2 Å². The Morgan fingerprint density at radius 1 is 1.22 bits per heavy atom. The molecule has 0 unspecified atom stereocenters. The van der Waals surface area contributed by atoms with Gasteiger partial charge in [0.15, 0.2) is 0 Å². The maximum atomic E-state index is 12.4. The summed E-state index contributed by atoms with van der Waals surface area (Å²) in [6.45, 7) is 0. The lowest BCUT2D eigenvalue weighted by Gasteiger charge is -2.08. The van der Waals surface area contributed by atoms with E-state index in [1.807, 2.05) is 36.0 Å². The highest BCUT2D eigenvalue weighted by molar-refractivity contribution is 9.10. The van der Waals surface area contributed by atoms with Crippen LogP contribution in [0.4, 0.5) is 0 Å². The summed E-state index contributed by atoms with van der Waals surface area (Å²) in [7, 11) is 0. The van der Waals surface area contributed by atoms with Crippen LogP contribution in [0.25, 0.3) is 0 Å². The first kappa shape index (κ1) is 12.5. The highest BCUT2D eigenvalue weighted by Crippen LogP contribution is 2.32. The zero-order valence-corrected chi connectivity index (χ0v) is 12.8. The highest BCUT2D eigenvalue weighted by atomic mass is 79.9. The number of rotatable bonds is 2. The lowest BCUT2D eigenvalue weighted by Crippen LogP contribution is -1.97. The lowest BCUT2D eigenvalue weighted by atomic mass is 10.1. The molecule has 0 radical (unpaired) electrons. The molecule has 0 saturated carbocycles. The largest absolute Gasteiger partial charge is 0.288 e. The van der Waals surface area contributed by atoms with Gasteiger partial charge in [0.2, 0.25) is 5.78 Å². The van der Waals surface area contributed by atoms with Gasteiger partial charge in [0.05, 0.1) is 4.88 Å². The number of benzene rings is 1. The number of carbonyl (C=O) groups is 1. The van der Waals surface area contributed by atoms with Crippen molar-refractivity contribution in [1.29, 1.82) is 0 Å². The molecule has 0 bridgehead atoms. The van der Waals surface area contributed by atoms with Crippen LogP contribution in [0.15, 0.2) is 34.8 Å². The van der Waals surface area contributed by atoms with E-state index in [0.29, 0.717) is 0 Å². The number of carbonyl (C=O) groups excluding carboxylic acids is 1. The summed E-state index contributed by atoms with van der Waals surface area (Å²) in [5, 5.41) is 0. The van der Waals surface area contributed by atoms with E-state index in [-0.39, 0.29) is 5.78 Å². The molecular weight excluding hydrogens is 328 g/mol. The fourth-order valence-corrected chi connectivity index (χ4v) is 4.60. The van der Waals surface area contributed by atoms with Crippen molar-refractivity contribution in [3.05, 3.63) is 55.7 Å². The number of thioether (sulfide) groups is 1. The van der Waals surface area contributed by atoms with E-state index < -0.39 is 0 Å². The Kier molecular flexibility index (Phi) is 3.59. The number of ketones is 1. The zero-order chi connectivity index (χ0) is 12.5. The SMILES string of the molecule is O=C(c1ccc(Br)cc1)c1cc2c(s1)CCSC2. The molecule has 0 N–H and O–H groups in total. The summed E-state index contributed by atoms with van der Waals surface area (Å²) in [5.41, 5.74) is 2.13. The minimum atomic E-state index is 0.145. The van der Waals surface area contributed by atoms with Crippen LogP contribution in [0.2, 0.25) is 0 Å². The summed E-state index contributed by atoms with van der Waals surface area (Å²) in [4.78, 5) is 14.6. The topological polar surface area (TPSA) is 17.1 Å². The van der Waals surface area contributed by atoms with E-state index in [2.05, 4.69) is 22.0 Å². The Hall–Kier alpha value is -0.580.